The van der Waals surface area contributed by atoms with E-state index < -0.39 is 62.2 Å². The summed E-state index contributed by atoms with van der Waals surface area (Å²) in [6.45, 7) is 25.8. The summed E-state index contributed by atoms with van der Waals surface area (Å²) in [7, 11) is 0. The molecule has 0 unspecified atom stereocenters. The lowest BCUT2D eigenvalue weighted by Gasteiger charge is -2.06. The third-order valence-electron chi connectivity index (χ3n) is 4.85. The second-order valence-electron chi connectivity index (χ2n) is 10.3. The van der Waals surface area contributed by atoms with Crippen LogP contribution in [0.15, 0.2) is 49.6 Å². The molecule has 0 aliphatic heterocycles. The lowest BCUT2D eigenvalue weighted by atomic mass is 10.4. The van der Waals surface area contributed by atoms with E-state index in [1.54, 1.807) is 6.92 Å². The van der Waals surface area contributed by atoms with Gasteiger partial charge in [-0.25, -0.2) is 39.6 Å². The molecule has 0 atom stereocenters. The summed E-state index contributed by atoms with van der Waals surface area (Å²) in [5.74, 6) is -5.03. The van der Waals surface area contributed by atoms with E-state index in [0.29, 0.717) is 18.4 Å². The van der Waals surface area contributed by atoms with Crippen molar-refractivity contribution in [2.75, 3.05) is 53.4 Å². The largest absolute Gasteiger partial charge is 0.465 e. The summed E-state index contributed by atoms with van der Waals surface area (Å²) in [6, 6.07) is 0. The van der Waals surface area contributed by atoms with Crippen LogP contribution in [0.1, 0.15) is 229 Å². The van der Waals surface area contributed by atoms with Gasteiger partial charge >= 0.3 is 47.8 Å². The molecule has 0 radical (unpaired) electrons. The molecule has 0 aliphatic carbocycles. The van der Waals surface area contributed by atoms with E-state index in [-0.39, 0.29) is 193 Å². The molecule has 22 heteroatoms. The van der Waals surface area contributed by atoms with Crippen LogP contribution in [0, 0.1) is 10.8 Å². The second-order valence-corrected chi connectivity index (χ2v) is 10.3. The van der Waals surface area contributed by atoms with Gasteiger partial charge in [-0.05, 0) is 52.6 Å². The number of nitrogens with one attached hydrogen (secondary N) is 4. The first-order chi connectivity index (χ1) is 28.4. The number of rotatable bonds is 24. The van der Waals surface area contributed by atoms with Gasteiger partial charge in [0.15, 0.2) is 0 Å². The Morgan fingerprint density at radius 2 is 0.637 bits per heavy atom. The Hall–Kier alpha value is -6.60. The summed E-state index contributed by atoms with van der Waals surface area (Å²) in [4.78, 5) is 103. The van der Waals surface area contributed by atoms with Crippen LogP contribution in [-0.4, -0.2) is 113 Å². The zero-order valence-corrected chi connectivity index (χ0v) is 35.2. The minimum atomic E-state index is -0.807. The van der Waals surface area contributed by atoms with E-state index in [4.69, 9.17) is 25.1 Å². The second kappa shape index (κ2) is 140. The molecule has 0 aromatic rings. The fraction of sp³-hybridized carbons (Fsp3) is 0.690. The molecule has 0 spiro atoms. The molecule has 0 aliphatic rings. The molecule has 0 aromatic heterocycles. The smallest absolute Gasteiger partial charge is 0.335 e. The third-order valence-corrected chi connectivity index (χ3v) is 4.85. The first-order valence-corrected chi connectivity index (χ1v) is 17.7. The van der Waals surface area contributed by atoms with Gasteiger partial charge in [0.05, 0.1) is 13.2 Å². The van der Waals surface area contributed by atoms with Gasteiger partial charge in [-0.1, -0.05) is 203 Å². The molecule has 0 saturated heterocycles. The van der Waals surface area contributed by atoms with Crippen molar-refractivity contribution in [3.63, 3.8) is 0 Å². The number of carbonyl (C=O) groups is 8. The van der Waals surface area contributed by atoms with Gasteiger partial charge in [-0.15, -0.1) is 0 Å². The zero-order valence-electron chi connectivity index (χ0n) is 35.2. The van der Waals surface area contributed by atoms with Crippen LogP contribution in [0.25, 0.3) is 0 Å². The average Bonchev–Trinajstić information content (AvgIpc) is 3.20. The van der Waals surface area contributed by atoms with E-state index in [1.165, 1.54) is 6.92 Å². The molecular formula is C58H140N4O18. The highest BCUT2D eigenvalue weighted by Crippen LogP contribution is 1.96. The molecule has 80 heavy (non-hydrogen) atoms. The third kappa shape index (κ3) is 172. The van der Waals surface area contributed by atoms with Crippen molar-refractivity contribution in [3.05, 3.63) is 49.6 Å². The predicted octanol–water partition coefficient (Wildman–Crippen LogP) is 15.8. The Morgan fingerprint density at radius 1 is 0.400 bits per heavy atom. The van der Waals surface area contributed by atoms with Crippen molar-refractivity contribution in [3.8, 4) is 0 Å². The molecule has 0 fully saturated rings. The number of ether oxygens (including phenoxy) is 8. The average molecular weight is 1180 g/mol. The summed E-state index contributed by atoms with van der Waals surface area (Å²) in [5.41, 5.74) is 0.631. The van der Waals surface area contributed by atoms with Crippen LogP contribution in [-0.2, 0) is 85.8 Å². The van der Waals surface area contributed by atoms with Crippen molar-refractivity contribution in [1.29, 1.82) is 10.8 Å². The minimum absolute atomic E-state index is 0. The van der Waals surface area contributed by atoms with Crippen LogP contribution in [0.5, 0.6) is 0 Å². The Labute approximate surface area is 497 Å². The predicted molar refractivity (Wildman–Crippen MR) is 346 cm³/mol. The van der Waals surface area contributed by atoms with E-state index >= 15 is 0 Å². The van der Waals surface area contributed by atoms with Crippen LogP contribution in [0.4, 0.5) is 0 Å². The van der Waals surface area contributed by atoms with Crippen LogP contribution < -0.4 is 10.6 Å². The number of isocyanates is 2. The molecule has 0 amide bonds. The highest BCUT2D eigenvalue weighted by molar-refractivity contribution is 5.92. The van der Waals surface area contributed by atoms with Gasteiger partial charge in [-0.3, -0.25) is 29.8 Å². The molecule has 0 rings (SSSR count). The Balaban J connectivity index is -0.0000000183. The molecule has 0 heterocycles. The van der Waals surface area contributed by atoms with Gasteiger partial charge in [0, 0.05) is 23.3 Å². The normalized spacial score (nSPS) is 6.38. The first kappa shape index (κ1) is 171. The lowest BCUT2D eigenvalue weighted by molar-refractivity contribution is -0.169. The van der Waals surface area contributed by atoms with E-state index in [9.17, 15) is 38.4 Å². The molecule has 4 N–H and O–H groups in total. The van der Waals surface area contributed by atoms with Crippen molar-refractivity contribution in [2.45, 2.75) is 229 Å². The topological polar surface area (TPSA) is 316 Å². The highest BCUT2D eigenvalue weighted by atomic mass is 16.7. The molecule has 0 saturated carbocycles. The van der Waals surface area contributed by atoms with E-state index in [2.05, 4.69) is 70.1 Å². The molecule has 0 aromatic carbocycles. The number of hydrogen-bond donors (Lipinski definition) is 4. The first-order valence-electron chi connectivity index (χ1n) is 17.7. The Bertz CT molecular complexity index is 1370. The maximum absolute atomic E-state index is 11.0. The van der Waals surface area contributed by atoms with E-state index in [0.717, 1.165) is 50.2 Å². The fourth-order valence-corrected chi connectivity index (χ4v) is 2.27. The number of hydrogen-bond acceptors (Lipinski definition) is 22. The summed E-state index contributed by atoms with van der Waals surface area (Å²) >= 11 is 0. The molecule has 500 valence electrons. The maximum atomic E-state index is 11.0. The standard InChI is InChI=1S/C11H16O6.C10H14O6.C8H15NO2.C7H13NO2.2CHNO.20CH4/c1-4-5-15-9(12)6-10(13)16-7-17-11(14)8(2)3;1-3-5-14-9(12)6-10(13)16-7-15-8(11)4-2;1-4-5-9-6-11-8(10)7(2)3;1-3-5-8-6-10-7(9)4-2;2*2-1-3;;;;;;;;;;;;;;;;;;;;/h2,4-7H2,1,3H3;4H,2-3,5-7H2,1H3;9H,2,4-6H2,1,3H3;4,8H,2-3,5-6H2,1H3;2*2H;20*1H4. The van der Waals surface area contributed by atoms with E-state index in [1.807, 2.05) is 27.7 Å². The van der Waals surface area contributed by atoms with Crippen molar-refractivity contribution in [2.24, 2.45) is 0 Å². The summed E-state index contributed by atoms with van der Waals surface area (Å²) in [5, 5.41) is 16.7. The fourth-order valence-electron chi connectivity index (χ4n) is 2.27. The summed E-state index contributed by atoms with van der Waals surface area (Å²) in [6.07, 6.45) is 6.01. The number of esters is 8. The molecule has 0 bridgehead atoms. The maximum Gasteiger partial charge on any atom is 0.335 e. The van der Waals surface area contributed by atoms with Crippen LogP contribution in [0.3, 0.4) is 0 Å². The quantitative estimate of drug-likeness (QED) is 0.0102. The van der Waals surface area contributed by atoms with Crippen molar-refractivity contribution < 1.29 is 85.8 Å². The SMILES string of the molecule is C.C.C.C.C.C.C.C.C.C.C.C.C.C.C.C.C.C.C.C.C=C(C)C(=O)OCNCCC.C=C(C)C(=O)OCOC(=O)CC(=O)OCCC.C=CC(=O)OCNCCC.C=CC(=O)OCOC(=O)CC(=O)OCCC.N=C=O.N=C=O. The van der Waals surface area contributed by atoms with Gasteiger partial charge in [-0.2, -0.15) is 0 Å². The summed E-state index contributed by atoms with van der Waals surface area (Å²) < 4.78 is 36.5. The van der Waals surface area contributed by atoms with Gasteiger partial charge in [0.1, 0.15) is 26.3 Å². The number of carbonyl (C=O) groups excluding carboxylic acids is 10. The lowest BCUT2D eigenvalue weighted by Crippen LogP contribution is -2.21. The monoisotopic (exact) mass is 1180 g/mol. The van der Waals surface area contributed by atoms with Crippen LogP contribution in [0.2, 0.25) is 0 Å². The molecule has 22 nitrogen and oxygen atoms in total. The van der Waals surface area contributed by atoms with Gasteiger partial charge < -0.3 is 37.9 Å². The van der Waals surface area contributed by atoms with Crippen LogP contribution >= 0.6 is 0 Å². The Morgan fingerprint density at radius 3 is 0.887 bits per heavy atom. The van der Waals surface area contributed by atoms with Crippen molar-refractivity contribution in [1.82, 2.24) is 10.6 Å². The molecular weight excluding hydrogens is 1040 g/mol. The Kier molecular flexibility index (Phi) is 299. The minimum Gasteiger partial charge on any atom is -0.465 e. The zero-order chi connectivity index (χ0) is 47.6. The van der Waals surface area contributed by atoms with Crippen molar-refractivity contribution >= 4 is 59.9 Å². The van der Waals surface area contributed by atoms with Gasteiger partial charge in [0.25, 0.3) is 0 Å². The van der Waals surface area contributed by atoms with Gasteiger partial charge in [0.2, 0.25) is 25.7 Å². The highest BCUT2D eigenvalue weighted by Gasteiger charge is 2.13.